The molecule has 1 rings (SSSR count). The van der Waals surface area contributed by atoms with E-state index in [1.165, 1.54) is 6.20 Å². The fraction of sp³-hybridized carbons (Fsp3) is 0.500. The van der Waals surface area contributed by atoms with Crippen LogP contribution in [0.4, 0.5) is 5.69 Å². The van der Waals surface area contributed by atoms with Crippen LogP contribution in [0.15, 0.2) is 11.0 Å². The normalized spacial score (nSPS) is 12.5. The van der Waals surface area contributed by atoms with Crippen molar-refractivity contribution in [3.63, 3.8) is 0 Å². The first-order chi connectivity index (χ1) is 6.65. The molecule has 0 aliphatic rings. The van der Waals surface area contributed by atoms with E-state index in [0.717, 1.165) is 0 Å². The van der Waals surface area contributed by atoms with Gasteiger partial charge in [0.25, 0.3) is 5.56 Å². The minimum Gasteiger partial charge on any atom is -0.383 e. The first-order valence-corrected chi connectivity index (χ1v) is 4.51. The highest BCUT2D eigenvalue weighted by atomic mass is 35.5. The van der Waals surface area contributed by atoms with Gasteiger partial charge in [0.05, 0.1) is 18.5 Å². The molecular weight excluding hydrogens is 206 g/mol. The Morgan fingerprint density at radius 1 is 1.79 bits per heavy atom. The number of halogens is 1. The zero-order valence-electron chi connectivity index (χ0n) is 8.00. The van der Waals surface area contributed by atoms with Crippen LogP contribution in [0, 0.1) is 0 Å². The van der Waals surface area contributed by atoms with E-state index in [4.69, 9.17) is 16.3 Å². The van der Waals surface area contributed by atoms with E-state index in [0.29, 0.717) is 12.3 Å². The lowest BCUT2D eigenvalue weighted by atomic mass is 10.3. The van der Waals surface area contributed by atoms with Gasteiger partial charge in [-0.15, -0.1) is 0 Å². The topological polar surface area (TPSA) is 67.0 Å². The largest absolute Gasteiger partial charge is 0.383 e. The smallest absolute Gasteiger partial charge is 0.285 e. The summed E-state index contributed by atoms with van der Waals surface area (Å²) in [5, 5.41) is 9.00. The number of aromatic nitrogens is 2. The number of ether oxygens (including phenoxy) is 1. The first kappa shape index (κ1) is 11.0. The quantitative estimate of drug-likeness (QED) is 0.786. The third-order valence-electron chi connectivity index (χ3n) is 1.61. The van der Waals surface area contributed by atoms with Gasteiger partial charge >= 0.3 is 0 Å². The fourth-order valence-corrected chi connectivity index (χ4v) is 1.19. The number of H-pyrrole nitrogens is 1. The molecule has 78 valence electrons. The molecule has 1 aromatic rings. The Bertz CT molecular complexity index is 353. The number of hydrogen-bond acceptors (Lipinski definition) is 4. The van der Waals surface area contributed by atoms with E-state index in [1.54, 1.807) is 7.11 Å². The van der Waals surface area contributed by atoms with Crippen molar-refractivity contribution in [1.29, 1.82) is 0 Å². The number of methoxy groups -OCH3 is 1. The summed E-state index contributed by atoms with van der Waals surface area (Å²) in [5.74, 6) is 0. The number of anilines is 1. The number of hydrogen-bond donors (Lipinski definition) is 2. The number of nitrogens with zero attached hydrogens (tertiary/aromatic N) is 1. The Morgan fingerprint density at radius 3 is 3.14 bits per heavy atom. The van der Waals surface area contributed by atoms with Gasteiger partial charge in [0.15, 0.2) is 0 Å². The third-order valence-corrected chi connectivity index (χ3v) is 1.99. The molecule has 1 atom stereocenters. The van der Waals surface area contributed by atoms with Crippen LogP contribution in [0.5, 0.6) is 0 Å². The third kappa shape index (κ3) is 2.71. The monoisotopic (exact) mass is 217 g/mol. The summed E-state index contributed by atoms with van der Waals surface area (Å²) in [7, 11) is 1.61. The fourth-order valence-electron chi connectivity index (χ4n) is 1.04. The van der Waals surface area contributed by atoms with Crippen molar-refractivity contribution in [3.8, 4) is 0 Å². The van der Waals surface area contributed by atoms with Crippen molar-refractivity contribution >= 4 is 17.3 Å². The molecule has 0 aliphatic heterocycles. The molecule has 0 amide bonds. The molecule has 0 fully saturated rings. The van der Waals surface area contributed by atoms with E-state index < -0.39 is 5.56 Å². The van der Waals surface area contributed by atoms with Gasteiger partial charge < -0.3 is 10.1 Å². The summed E-state index contributed by atoms with van der Waals surface area (Å²) in [6.07, 6.45) is 1.47. The SMILES string of the molecule is COC[C@@H](C)Nc1cn[nH]c(=O)c1Cl. The van der Waals surface area contributed by atoms with Crippen LogP contribution in [0.1, 0.15) is 6.92 Å². The average molecular weight is 218 g/mol. The molecule has 0 aromatic carbocycles. The molecule has 0 aliphatic carbocycles. The van der Waals surface area contributed by atoms with E-state index in [1.807, 2.05) is 6.92 Å². The van der Waals surface area contributed by atoms with Crippen LogP contribution in [0.3, 0.4) is 0 Å². The van der Waals surface area contributed by atoms with Crippen LogP contribution >= 0.6 is 11.6 Å². The van der Waals surface area contributed by atoms with Gasteiger partial charge in [-0.2, -0.15) is 5.10 Å². The lowest BCUT2D eigenvalue weighted by molar-refractivity contribution is 0.190. The zero-order chi connectivity index (χ0) is 10.6. The molecule has 0 spiro atoms. The lowest BCUT2D eigenvalue weighted by Gasteiger charge is -2.13. The van der Waals surface area contributed by atoms with E-state index in [9.17, 15) is 4.79 Å². The van der Waals surface area contributed by atoms with Crippen LogP contribution in [-0.2, 0) is 4.74 Å². The second-order valence-electron chi connectivity index (χ2n) is 2.93. The zero-order valence-corrected chi connectivity index (χ0v) is 8.76. The van der Waals surface area contributed by atoms with E-state index in [2.05, 4.69) is 15.5 Å². The van der Waals surface area contributed by atoms with Crippen LogP contribution in [0.2, 0.25) is 5.02 Å². The molecule has 14 heavy (non-hydrogen) atoms. The molecule has 0 unspecified atom stereocenters. The number of rotatable bonds is 4. The predicted molar refractivity (Wildman–Crippen MR) is 54.8 cm³/mol. The van der Waals surface area contributed by atoms with Gasteiger partial charge in [0, 0.05) is 13.2 Å². The van der Waals surface area contributed by atoms with Crippen molar-refractivity contribution in [2.24, 2.45) is 0 Å². The molecule has 0 radical (unpaired) electrons. The van der Waals surface area contributed by atoms with Crippen molar-refractivity contribution in [3.05, 3.63) is 21.6 Å². The maximum atomic E-state index is 11.1. The Balaban J connectivity index is 2.76. The maximum Gasteiger partial charge on any atom is 0.285 e. The van der Waals surface area contributed by atoms with Gasteiger partial charge in [0.1, 0.15) is 5.02 Å². The minimum absolute atomic E-state index is 0.0705. The highest BCUT2D eigenvalue weighted by molar-refractivity contribution is 6.32. The first-order valence-electron chi connectivity index (χ1n) is 4.13. The van der Waals surface area contributed by atoms with E-state index in [-0.39, 0.29) is 11.1 Å². The van der Waals surface area contributed by atoms with Crippen molar-refractivity contribution in [2.45, 2.75) is 13.0 Å². The molecule has 6 heteroatoms. The van der Waals surface area contributed by atoms with Gasteiger partial charge in [-0.05, 0) is 6.92 Å². The second-order valence-corrected chi connectivity index (χ2v) is 3.31. The number of aromatic amines is 1. The molecule has 5 nitrogen and oxygen atoms in total. The summed E-state index contributed by atoms with van der Waals surface area (Å²) < 4.78 is 4.93. The van der Waals surface area contributed by atoms with E-state index >= 15 is 0 Å². The summed E-state index contributed by atoms with van der Waals surface area (Å²) in [5.41, 5.74) is 0.112. The highest BCUT2D eigenvalue weighted by Crippen LogP contribution is 2.15. The van der Waals surface area contributed by atoms with Gasteiger partial charge in [-0.1, -0.05) is 11.6 Å². The van der Waals surface area contributed by atoms with Crippen LogP contribution < -0.4 is 10.9 Å². The summed E-state index contributed by atoms with van der Waals surface area (Å²) in [6, 6.07) is 0.0705. The molecule has 1 aromatic heterocycles. The summed E-state index contributed by atoms with van der Waals surface area (Å²) in [4.78, 5) is 11.1. The molecule has 0 saturated heterocycles. The number of nitrogens with one attached hydrogen (secondary N) is 2. The average Bonchev–Trinajstić information content (AvgIpc) is 2.13. The lowest BCUT2D eigenvalue weighted by Crippen LogP contribution is -2.23. The standard InChI is InChI=1S/C8H12ClN3O2/c1-5(4-14-2)11-6-3-10-12-8(13)7(6)9/h3,5H,4H2,1-2H3,(H2,11,12,13)/t5-/m1/s1. The van der Waals surface area contributed by atoms with Crippen LogP contribution in [-0.4, -0.2) is 30.0 Å². The molecular formula is C8H12ClN3O2. The molecule has 2 N–H and O–H groups in total. The second kappa shape index (κ2) is 4.97. The molecule has 1 heterocycles. The Kier molecular flexibility index (Phi) is 3.91. The Morgan fingerprint density at radius 2 is 2.50 bits per heavy atom. The van der Waals surface area contributed by atoms with Gasteiger partial charge in [-0.3, -0.25) is 4.79 Å². The minimum atomic E-state index is -0.402. The molecule has 0 saturated carbocycles. The van der Waals surface area contributed by atoms with Gasteiger partial charge in [-0.25, -0.2) is 5.10 Å². The van der Waals surface area contributed by atoms with Crippen molar-refractivity contribution in [1.82, 2.24) is 10.2 Å². The van der Waals surface area contributed by atoms with Gasteiger partial charge in [0.2, 0.25) is 0 Å². The molecule has 0 bridgehead atoms. The van der Waals surface area contributed by atoms with Crippen molar-refractivity contribution < 1.29 is 4.74 Å². The summed E-state index contributed by atoms with van der Waals surface area (Å²) >= 11 is 5.75. The highest BCUT2D eigenvalue weighted by Gasteiger charge is 2.07. The maximum absolute atomic E-state index is 11.1. The van der Waals surface area contributed by atoms with Crippen LogP contribution in [0.25, 0.3) is 0 Å². The van der Waals surface area contributed by atoms with Crippen molar-refractivity contribution in [2.75, 3.05) is 19.0 Å². The Hall–Kier alpha value is -1.07. The Labute approximate surface area is 86.4 Å². The summed E-state index contributed by atoms with van der Waals surface area (Å²) in [6.45, 7) is 2.45. The predicted octanol–water partition coefficient (Wildman–Crippen LogP) is 0.870.